The number of aryl methyl sites for hydroxylation is 1. The van der Waals surface area contributed by atoms with Crippen LogP contribution in [0.15, 0.2) is 60.7 Å². The number of carbonyl (C=O) groups excluding carboxylic acids is 1. The number of nitrogens with one attached hydrogen (secondary N) is 2. The lowest BCUT2D eigenvalue weighted by molar-refractivity contribution is -0.118. The van der Waals surface area contributed by atoms with E-state index in [0.29, 0.717) is 33.8 Å². The SMILES string of the molecule is COc1ccccc1NC(=O)COc1ccc(CNc2ccc(C)c(Cl)c2)cc1Cl. The summed E-state index contributed by atoms with van der Waals surface area (Å²) >= 11 is 12.5. The normalized spacial score (nSPS) is 10.4. The van der Waals surface area contributed by atoms with Crippen molar-refractivity contribution in [1.82, 2.24) is 0 Å². The van der Waals surface area contributed by atoms with Crippen LogP contribution in [0.5, 0.6) is 11.5 Å². The third-order valence-corrected chi connectivity index (χ3v) is 5.11. The minimum atomic E-state index is -0.308. The first-order valence-corrected chi connectivity index (χ1v) is 10.1. The predicted molar refractivity (Wildman–Crippen MR) is 122 cm³/mol. The largest absolute Gasteiger partial charge is 0.495 e. The summed E-state index contributed by atoms with van der Waals surface area (Å²) in [5.41, 5.74) is 3.51. The number of anilines is 2. The maximum absolute atomic E-state index is 12.2. The van der Waals surface area contributed by atoms with Gasteiger partial charge < -0.3 is 20.1 Å². The molecule has 0 aliphatic carbocycles. The number of ether oxygens (including phenoxy) is 2. The minimum absolute atomic E-state index is 0.169. The Hall–Kier alpha value is -2.89. The zero-order chi connectivity index (χ0) is 21.5. The molecule has 0 fully saturated rings. The van der Waals surface area contributed by atoms with Gasteiger partial charge in [0.25, 0.3) is 5.91 Å². The summed E-state index contributed by atoms with van der Waals surface area (Å²) in [6.07, 6.45) is 0. The number of hydrogen-bond acceptors (Lipinski definition) is 4. The van der Waals surface area contributed by atoms with Crippen LogP contribution in [0.1, 0.15) is 11.1 Å². The molecular formula is C23H22Cl2N2O3. The second-order valence-electron chi connectivity index (χ2n) is 6.62. The van der Waals surface area contributed by atoms with E-state index in [9.17, 15) is 4.79 Å². The van der Waals surface area contributed by atoms with E-state index in [4.69, 9.17) is 32.7 Å². The highest BCUT2D eigenvalue weighted by Gasteiger charge is 2.10. The smallest absolute Gasteiger partial charge is 0.262 e. The molecule has 0 saturated carbocycles. The van der Waals surface area contributed by atoms with Crippen LogP contribution in [-0.4, -0.2) is 19.6 Å². The molecule has 156 valence electrons. The summed E-state index contributed by atoms with van der Waals surface area (Å²) in [4.78, 5) is 12.2. The number of amides is 1. The van der Waals surface area contributed by atoms with E-state index in [1.807, 2.05) is 43.3 Å². The van der Waals surface area contributed by atoms with E-state index < -0.39 is 0 Å². The van der Waals surface area contributed by atoms with Crippen molar-refractivity contribution in [2.75, 3.05) is 24.4 Å². The fraction of sp³-hybridized carbons (Fsp3) is 0.174. The fourth-order valence-corrected chi connectivity index (χ4v) is 3.19. The molecule has 0 aliphatic rings. The highest BCUT2D eigenvalue weighted by Crippen LogP contribution is 2.27. The number of carbonyl (C=O) groups is 1. The number of rotatable bonds is 8. The molecule has 3 aromatic rings. The topological polar surface area (TPSA) is 59.6 Å². The summed E-state index contributed by atoms with van der Waals surface area (Å²) in [6, 6.07) is 18.4. The van der Waals surface area contributed by atoms with Gasteiger partial charge in [-0.25, -0.2) is 0 Å². The van der Waals surface area contributed by atoms with Crippen LogP contribution in [0.3, 0.4) is 0 Å². The number of methoxy groups -OCH3 is 1. The van der Waals surface area contributed by atoms with Gasteiger partial charge in [-0.3, -0.25) is 4.79 Å². The van der Waals surface area contributed by atoms with Crippen molar-refractivity contribution < 1.29 is 14.3 Å². The molecule has 7 heteroatoms. The van der Waals surface area contributed by atoms with E-state index in [0.717, 1.165) is 16.8 Å². The van der Waals surface area contributed by atoms with E-state index in [1.165, 1.54) is 0 Å². The molecule has 0 radical (unpaired) electrons. The zero-order valence-electron chi connectivity index (χ0n) is 16.7. The Morgan fingerprint density at radius 1 is 0.967 bits per heavy atom. The molecule has 1 amide bonds. The Labute approximate surface area is 185 Å². The van der Waals surface area contributed by atoms with E-state index in [-0.39, 0.29) is 12.5 Å². The van der Waals surface area contributed by atoms with Crippen LogP contribution in [0.4, 0.5) is 11.4 Å². The molecule has 0 heterocycles. The van der Waals surface area contributed by atoms with Gasteiger partial charge >= 0.3 is 0 Å². The molecule has 0 aliphatic heterocycles. The molecule has 3 rings (SSSR count). The highest BCUT2D eigenvalue weighted by molar-refractivity contribution is 6.32. The van der Waals surface area contributed by atoms with E-state index in [1.54, 1.807) is 31.4 Å². The molecule has 0 unspecified atom stereocenters. The van der Waals surface area contributed by atoms with Crippen molar-refractivity contribution in [1.29, 1.82) is 0 Å². The number of hydrogen-bond donors (Lipinski definition) is 2. The van der Waals surface area contributed by atoms with Gasteiger partial charge in [-0.15, -0.1) is 0 Å². The number of benzene rings is 3. The molecule has 0 spiro atoms. The van der Waals surface area contributed by atoms with Gasteiger partial charge in [0.15, 0.2) is 6.61 Å². The van der Waals surface area contributed by atoms with Crippen LogP contribution < -0.4 is 20.1 Å². The molecule has 3 aromatic carbocycles. The summed E-state index contributed by atoms with van der Waals surface area (Å²) < 4.78 is 10.8. The molecule has 0 saturated heterocycles. The van der Waals surface area contributed by atoms with Gasteiger partial charge in [0, 0.05) is 17.3 Å². The van der Waals surface area contributed by atoms with Crippen molar-refractivity contribution in [2.45, 2.75) is 13.5 Å². The van der Waals surface area contributed by atoms with Crippen LogP contribution in [0.2, 0.25) is 10.0 Å². The average molecular weight is 445 g/mol. The van der Waals surface area contributed by atoms with Crippen molar-refractivity contribution in [3.8, 4) is 11.5 Å². The van der Waals surface area contributed by atoms with Crippen LogP contribution >= 0.6 is 23.2 Å². The first-order valence-electron chi connectivity index (χ1n) is 9.30. The minimum Gasteiger partial charge on any atom is -0.495 e. The van der Waals surface area contributed by atoms with Gasteiger partial charge in [0.2, 0.25) is 0 Å². The van der Waals surface area contributed by atoms with Gasteiger partial charge in [-0.1, -0.05) is 47.5 Å². The molecule has 30 heavy (non-hydrogen) atoms. The van der Waals surface area contributed by atoms with Crippen molar-refractivity contribution >= 4 is 40.5 Å². The van der Waals surface area contributed by atoms with Crippen molar-refractivity contribution in [2.24, 2.45) is 0 Å². The monoisotopic (exact) mass is 444 g/mol. The maximum Gasteiger partial charge on any atom is 0.262 e. The Morgan fingerprint density at radius 2 is 1.77 bits per heavy atom. The Bertz CT molecular complexity index is 1040. The number of halogens is 2. The molecule has 5 nitrogen and oxygen atoms in total. The predicted octanol–water partition coefficient (Wildman–Crippen LogP) is 5.94. The number of para-hydroxylation sites is 2. The van der Waals surface area contributed by atoms with E-state index in [2.05, 4.69) is 10.6 Å². The maximum atomic E-state index is 12.2. The first-order chi connectivity index (χ1) is 14.5. The Morgan fingerprint density at radius 3 is 2.50 bits per heavy atom. The highest BCUT2D eigenvalue weighted by atomic mass is 35.5. The third kappa shape index (κ3) is 5.81. The second kappa shape index (κ2) is 10.2. The zero-order valence-corrected chi connectivity index (χ0v) is 18.2. The standard InChI is InChI=1S/C23H22Cl2N2O3/c1-15-7-9-17(12-18(15)24)26-13-16-8-10-21(19(25)11-16)30-14-23(28)27-20-5-3-4-6-22(20)29-2/h3-12,26H,13-14H2,1-2H3,(H,27,28). The van der Waals surface area contributed by atoms with Crippen molar-refractivity contribution in [3.05, 3.63) is 81.8 Å². The molecule has 0 atom stereocenters. The molecule has 0 aromatic heterocycles. The lowest BCUT2D eigenvalue weighted by Gasteiger charge is -2.12. The van der Waals surface area contributed by atoms with Gasteiger partial charge in [-0.05, 0) is 54.4 Å². The van der Waals surface area contributed by atoms with E-state index >= 15 is 0 Å². The average Bonchev–Trinajstić information content (AvgIpc) is 2.74. The fourth-order valence-electron chi connectivity index (χ4n) is 2.76. The van der Waals surface area contributed by atoms with Crippen LogP contribution in [0.25, 0.3) is 0 Å². The summed E-state index contributed by atoms with van der Waals surface area (Å²) in [5.74, 6) is 0.710. The van der Waals surface area contributed by atoms with Gasteiger partial charge in [0.05, 0.1) is 17.8 Å². The second-order valence-corrected chi connectivity index (χ2v) is 7.43. The van der Waals surface area contributed by atoms with Gasteiger partial charge in [-0.2, -0.15) is 0 Å². The summed E-state index contributed by atoms with van der Waals surface area (Å²) in [6.45, 7) is 2.37. The third-order valence-electron chi connectivity index (χ3n) is 4.40. The van der Waals surface area contributed by atoms with Crippen molar-refractivity contribution in [3.63, 3.8) is 0 Å². The quantitative estimate of drug-likeness (QED) is 0.451. The Kier molecular flexibility index (Phi) is 7.44. The lowest BCUT2D eigenvalue weighted by atomic mass is 10.2. The van der Waals surface area contributed by atoms with Gasteiger partial charge in [0.1, 0.15) is 11.5 Å². The summed E-state index contributed by atoms with van der Waals surface area (Å²) in [7, 11) is 1.55. The summed E-state index contributed by atoms with van der Waals surface area (Å²) in [5, 5.41) is 7.21. The van der Waals surface area contributed by atoms with Crippen LogP contribution in [0, 0.1) is 6.92 Å². The Balaban J connectivity index is 1.54. The first kappa shape index (κ1) is 21.8. The molecule has 2 N–H and O–H groups in total. The molecule has 0 bridgehead atoms. The molecular weight excluding hydrogens is 423 g/mol. The lowest BCUT2D eigenvalue weighted by Crippen LogP contribution is -2.20. The van der Waals surface area contributed by atoms with Crippen LogP contribution in [-0.2, 0) is 11.3 Å².